The lowest BCUT2D eigenvalue weighted by Crippen LogP contribution is -2.30. The first-order valence-corrected chi connectivity index (χ1v) is 41.0. The number of phosphoric acid groups is 2. The van der Waals surface area contributed by atoms with Crippen LogP contribution in [0.25, 0.3) is 0 Å². The topological polar surface area (TPSA) is 237 Å². The molecule has 17 nitrogen and oxygen atoms in total. The van der Waals surface area contributed by atoms with E-state index in [1.54, 1.807) is 0 Å². The lowest BCUT2D eigenvalue weighted by molar-refractivity contribution is -0.161. The van der Waals surface area contributed by atoms with Crippen molar-refractivity contribution in [1.29, 1.82) is 0 Å². The van der Waals surface area contributed by atoms with Gasteiger partial charge in [-0.05, 0) is 37.5 Å². The van der Waals surface area contributed by atoms with Crippen LogP contribution in [0.15, 0.2) is 0 Å². The lowest BCUT2D eigenvalue weighted by atomic mass is 10.0. The predicted octanol–water partition coefficient (Wildman–Crippen LogP) is 21.2. The van der Waals surface area contributed by atoms with Gasteiger partial charge in [0.15, 0.2) is 12.2 Å². The molecule has 0 rings (SSSR count). The van der Waals surface area contributed by atoms with Crippen LogP contribution in [0.1, 0.15) is 375 Å². The first kappa shape index (κ1) is 90.1. The molecule has 0 aliphatic heterocycles. The van der Waals surface area contributed by atoms with E-state index in [0.29, 0.717) is 25.7 Å². The van der Waals surface area contributed by atoms with E-state index < -0.39 is 97.5 Å². The Labute approximate surface area is 562 Å². The minimum atomic E-state index is -4.95. The molecule has 0 fully saturated rings. The molecule has 0 heterocycles. The highest BCUT2D eigenvalue weighted by molar-refractivity contribution is 7.47. The Morgan fingerprint density at radius 1 is 0.293 bits per heavy atom. The summed E-state index contributed by atoms with van der Waals surface area (Å²) < 4.78 is 68.3. The molecule has 2 unspecified atom stereocenters. The zero-order valence-corrected chi connectivity index (χ0v) is 61.6. The highest BCUT2D eigenvalue weighted by Crippen LogP contribution is 2.45. The molecule has 0 saturated heterocycles. The van der Waals surface area contributed by atoms with Crippen LogP contribution in [-0.2, 0) is 65.4 Å². The Hall–Kier alpha value is -1.94. The number of rotatable bonds is 72. The van der Waals surface area contributed by atoms with Gasteiger partial charge in [-0.25, -0.2) is 9.13 Å². The average Bonchev–Trinajstić information content (AvgIpc) is 2.45. The fourth-order valence-electron chi connectivity index (χ4n) is 11.1. The minimum Gasteiger partial charge on any atom is -0.462 e. The van der Waals surface area contributed by atoms with Crippen LogP contribution in [0.3, 0.4) is 0 Å². The number of aliphatic hydroxyl groups excluding tert-OH is 1. The van der Waals surface area contributed by atoms with Crippen LogP contribution in [0.5, 0.6) is 0 Å². The Kier molecular flexibility index (Phi) is 63.7. The van der Waals surface area contributed by atoms with Crippen molar-refractivity contribution >= 4 is 39.5 Å². The molecule has 0 saturated carbocycles. The number of unbranched alkanes of at least 4 members (excludes halogenated alkanes) is 42. The van der Waals surface area contributed by atoms with Gasteiger partial charge in [0.2, 0.25) is 0 Å². The summed E-state index contributed by atoms with van der Waals surface area (Å²) in [7, 11) is -9.90. The normalized spacial score (nSPS) is 14.1. The van der Waals surface area contributed by atoms with Crippen molar-refractivity contribution in [2.75, 3.05) is 39.6 Å². The SMILES string of the molecule is CCCCCCCCCCCCCCCCC(=O)O[C@H](COC(=O)CCCCCCCCC)COP(=O)(O)OC[C@H](O)COP(=O)(O)OC[C@@H](COC(=O)CCCCCCCCCCCCCCC(C)C)OC(=O)CCCCCCCCCCCCCCCC(C)C. The van der Waals surface area contributed by atoms with Crippen LogP contribution in [0.2, 0.25) is 0 Å². The summed E-state index contributed by atoms with van der Waals surface area (Å²) in [6.07, 6.45) is 51.3. The number of ether oxygens (including phenoxy) is 4. The molecule has 0 spiro atoms. The van der Waals surface area contributed by atoms with E-state index in [2.05, 4.69) is 41.5 Å². The maximum Gasteiger partial charge on any atom is 0.472 e. The first-order valence-electron chi connectivity index (χ1n) is 38.0. The second kappa shape index (κ2) is 65.0. The van der Waals surface area contributed by atoms with Gasteiger partial charge >= 0.3 is 39.5 Å². The number of hydrogen-bond donors (Lipinski definition) is 3. The third kappa shape index (κ3) is 66.7. The molecule has 0 bridgehead atoms. The monoisotopic (exact) mass is 1350 g/mol. The molecule has 546 valence electrons. The molecule has 0 aromatic heterocycles. The molecular formula is C73H142O17P2. The molecule has 0 aliphatic carbocycles. The Morgan fingerprint density at radius 3 is 0.739 bits per heavy atom. The highest BCUT2D eigenvalue weighted by Gasteiger charge is 2.30. The second-order valence-corrected chi connectivity index (χ2v) is 30.2. The zero-order valence-electron chi connectivity index (χ0n) is 59.9. The Morgan fingerprint density at radius 2 is 0.500 bits per heavy atom. The van der Waals surface area contributed by atoms with Gasteiger partial charge in [0.05, 0.1) is 26.4 Å². The summed E-state index contributed by atoms with van der Waals surface area (Å²) in [5.74, 6) is -0.554. The first-order chi connectivity index (χ1) is 44.4. The fourth-order valence-corrected chi connectivity index (χ4v) is 12.7. The fraction of sp³-hybridized carbons (Fsp3) is 0.945. The van der Waals surface area contributed by atoms with E-state index >= 15 is 0 Å². The molecule has 5 atom stereocenters. The van der Waals surface area contributed by atoms with Crippen molar-refractivity contribution in [2.45, 2.75) is 394 Å². The summed E-state index contributed by atoms with van der Waals surface area (Å²) in [6, 6.07) is 0. The van der Waals surface area contributed by atoms with Crippen molar-refractivity contribution in [1.82, 2.24) is 0 Å². The number of esters is 4. The predicted molar refractivity (Wildman–Crippen MR) is 372 cm³/mol. The van der Waals surface area contributed by atoms with Gasteiger partial charge in [-0.1, -0.05) is 324 Å². The van der Waals surface area contributed by atoms with E-state index in [0.717, 1.165) is 115 Å². The molecule has 92 heavy (non-hydrogen) atoms. The summed E-state index contributed by atoms with van der Waals surface area (Å²) in [5, 5.41) is 10.6. The van der Waals surface area contributed by atoms with Gasteiger partial charge in [-0.2, -0.15) is 0 Å². The van der Waals surface area contributed by atoms with Gasteiger partial charge in [0, 0.05) is 25.7 Å². The van der Waals surface area contributed by atoms with Gasteiger partial charge in [0.1, 0.15) is 19.3 Å². The van der Waals surface area contributed by atoms with E-state index in [-0.39, 0.29) is 25.7 Å². The molecule has 19 heteroatoms. The van der Waals surface area contributed by atoms with Crippen LogP contribution in [0, 0.1) is 11.8 Å². The van der Waals surface area contributed by atoms with E-state index in [1.807, 2.05) is 0 Å². The zero-order chi connectivity index (χ0) is 67.9. The third-order valence-electron chi connectivity index (χ3n) is 17.0. The van der Waals surface area contributed by atoms with Crippen LogP contribution in [0.4, 0.5) is 0 Å². The molecule has 0 radical (unpaired) electrons. The minimum absolute atomic E-state index is 0.107. The number of carbonyl (C=O) groups is 4. The van der Waals surface area contributed by atoms with Gasteiger partial charge in [0.25, 0.3) is 0 Å². The lowest BCUT2D eigenvalue weighted by Gasteiger charge is -2.21. The summed E-state index contributed by atoms with van der Waals surface area (Å²) in [6.45, 7) is 9.57. The molecule has 0 aromatic rings. The van der Waals surface area contributed by atoms with Gasteiger partial charge < -0.3 is 33.8 Å². The van der Waals surface area contributed by atoms with Crippen molar-refractivity contribution < 1.29 is 80.2 Å². The second-order valence-electron chi connectivity index (χ2n) is 27.3. The van der Waals surface area contributed by atoms with Crippen molar-refractivity contribution in [3.8, 4) is 0 Å². The van der Waals surface area contributed by atoms with Crippen molar-refractivity contribution in [3.63, 3.8) is 0 Å². The number of hydrogen-bond acceptors (Lipinski definition) is 15. The molecular weight excluding hydrogens is 1210 g/mol. The molecule has 0 aromatic carbocycles. The van der Waals surface area contributed by atoms with Crippen LogP contribution < -0.4 is 0 Å². The standard InChI is InChI=1S/C73H142O17P2/c1-7-9-11-13-15-16-17-18-21-28-33-39-45-51-57-72(77)89-68(61-83-70(75)55-49-43-35-14-12-10-8-2)63-87-91(79,80)85-59-67(74)60-86-92(81,82)88-64-69(62-84-71(76)56-50-44-38-32-27-24-23-26-31-37-42-48-54-66(5)6)90-73(78)58-52-46-40-34-29-22-19-20-25-30-36-41-47-53-65(3)4/h65-69,74H,7-64H2,1-6H3,(H,79,80)(H,81,82)/t67-,68+,69+/m0/s1. The molecule has 0 amide bonds. The summed E-state index contributed by atoms with van der Waals surface area (Å²) in [5.41, 5.74) is 0. The summed E-state index contributed by atoms with van der Waals surface area (Å²) in [4.78, 5) is 72.6. The van der Waals surface area contributed by atoms with Crippen molar-refractivity contribution in [3.05, 3.63) is 0 Å². The van der Waals surface area contributed by atoms with Gasteiger partial charge in [-0.15, -0.1) is 0 Å². The Balaban J connectivity index is 5.21. The van der Waals surface area contributed by atoms with Crippen LogP contribution in [-0.4, -0.2) is 96.7 Å². The van der Waals surface area contributed by atoms with Crippen LogP contribution >= 0.6 is 15.6 Å². The summed E-state index contributed by atoms with van der Waals surface area (Å²) >= 11 is 0. The average molecular weight is 1350 g/mol. The number of phosphoric ester groups is 2. The maximum atomic E-state index is 13.1. The highest BCUT2D eigenvalue weighted by atomic mass is 31.2. The maximum absolute atomic E-state index is 13.1. The van der Waals surface area contributed by atoms with E-state index in [9.17, 15) is 43.2 Å². The van der Waals surface area contributed by atoms with E-state index in [1.165, 1.54) is 180 Å². The number of aliphatic hydroxyl groups is 1. The molecule has 3 N–H and O–H groups in total. The Bertz CT molecular complexity index is 1790. The van der Waals surface area contributed by atoms with Gasteiger partial charge in [-0.3, -0.25) is 37.3 Å². The number of carbonyl (C=O) groups excluding carboxylic acids is 4. The molecule has 0 aliphatic rings. The quantitative estimate of drug-likeness (QED) is 0.0222. The smallest absolute Gasteiger partial charge is 0.462 e. The van der Waals surface area contributed by atoms with E-state index in [4.69, 9.17) is 37.0 Å². The third-order valence-corrected chi connectivity index (χ3v) is 18.9. The van der Waals surface area contributed by atoms with Crippen molar-refractivity contribution in [2.24, 2.45) is 11.8 Å². The largest absolute Gasteiger partial charge is 0.472 e.